The highest BCUT2D eigenvalue weighted by Crippen LogP contribution is 2.28. The van der Waals surface area contributed by atoms with Gasteiger partial charge in [-0.1, -0.05) is 19.4 Å². The third-order valence-electron chi connectivity index (χ3n) is 4.52. The van der Waals surface area contributed by atoms with Crippen molar-refractivity contribution in [2.24, 2.45) is 5.92 Å². The number of benzene rings is 1. The first kappa shape index (κ1) is 18.6. The van der Waals surface area contributed by atoms with Crippen LogP contribution in [0.1, 0.15) is 45.1 Å². The molecule has 1 aliphatic heterocycles. The SMILES string of the molecule is CCCCNC(=O)C1CCN(Cc2ccc(O)c(OCC)c2)CC1. The molecule has 0 atom stereocenters. The fraction of sp³-hybridized carbons (Fsp3) is 0.632. The average Bonchev–Trinajstić information content (AvgIpc) is 2.59. The normalized spacial score (nSPS) is 16.1. The standard InChI is InChI=1S/C19H30N2O3/c1-3-5-10-20-19(23)16-8-11-21(12-9-16)14-15-6-7-17(22)18(13-15)24-4-2/h6-7,13,16,22H,3-5,8-12,14H2,1-2H3,(H,20,23). The Kier molecular flexibility index (Phi) is 7.37. The number of likely N-dealkylation sites (tertiary alicyclic amines) is 1. The highest BCUT2D eigenvalue weighted by atomic mass is 16.5. The molecular formula is C19H30N2O3. The minimum atomic E-state index is 0.150. The number of phenolic OH excluding ortho intramolecular Hbond substituents is 1. The van der Waals surface area contributed by atoms with Crippen molar-refractivity contribution in [3.63, 3.8) is 0 Å². The summed E-state index contributed by atoms with van der Waals surface area (Å²) in [6, 6.07) is 5.53. The molecule has 0 unspecified atom stereocenters. The smallest absolute Gasteiger partial charge is 0.223 e. The van der Waals surface area contributed by atoms with Gasteiger partial charge in [0.15, 0.2) is 11.5 Å². The average molecular weight is 334 g/mol. The zero-order chi connectivity index (χ0) is 17.4. The number of carbonyl (C=O) groups excluding carboxylic acids is 1. The molecule has 5 nitrogen and oxygen atoms in total. The highest BCUT2D eigenvalue weighted by molar-refractivity contribution is 5.78. The largest absolute Gasteiger partial charge is 0.504 e. The molecule has 0 aromatic heterocycles. The summed E-state index contributed by atoms with van der Waals surface area (Å²) in [6.45, 7) is 8.05. The van der Waals surface area contributed by atoms with E-state index in [1.165, 1.54) is 0 Å². The van der Waals surface area contributed by atoms with Crippen molar-refractivity contribution in [2.45, 2.75) is 46.1 Å². The first-order valence-corrected chi connectivity index (χ1v) is 9.08. The van der Waals surface area contributed by atoms with Gasteiger partial charge in [-0.25, -0.2) is 0 Å². The van der Waals surface area contributed by atoms with Crippen LogP contribution in [-0.2, 0) is 11.3 Å². The van der Waals surface area contributed by atoms with Crippen LogP contribution in [0.25, 0.3) is 0 Å². The lowest BCUT2D eigenvalue weighted by Gasteiger charge is -2.31. The molecule has 1 amide bonds. The first-order chi connectivity index (χ1) is 11.6. The molecule has 1 fully saturated rings. The Labute approximate surface area is 145 Å². The summed E-state index contributed by atoms with van der Waals surface area (Å²) in [7, 11) is 0. The van der Waals surface area contributed by atoms with E-state index >= 15 is 0 Å². The Hall–Kier alpha value is -1.75. The maximum absolute atomic E-state index is 12.1. The number of piperidine rings is 1. The third-order valence-corrected chi connectivity index (χ3v) is 4.52. The van der Waals surface area contributed by atoms with E-state index in [2.05, 4.69) is 17.1 Å². The first-order valence-electron chi connectivity index (χ1n) is 9.08. The number of carbonyl (C=O) groups is 1. The molecule has 0 saturated carbocycles. The van der Waals surface area contributed by atoms with Crippen LogP contribution >= 0.6 is 0 Å². The second kappa shape index (κ2) is 9.52. The van der Waals surface area contributed by atoms with E-state index in [4.69, 9.17) is 4.74 Å². The molecule has 0 spiro atoms. The second-order valence-corrected chi connectivity index (χ2v) is 6.43. The summed E-state index contributed by atoms with van der Waals surface area (Å²) in [4.78, 5) is 14.5. The van der Waals surface area contributed by atoms with E-state index in [0.717, 1.165) is 57.4 Å². The predicted molar refractivity (Wildman–Crippen MR) is 95.2 cm³/mol. The fourth-order valence-corrected chi connectivity index (χ4v) is 3.07. The summed E-state index contributed by atoms with van der Waals surface area (Å²) in [5.74, 6) is 1.09. The van der Waals surface area contributed by atoms with Crippen LogP contribution < -0.4 is 10.1 Å². The van der Waals surface area contributed by atoms with E-state index < -0.39 is 0 Å². The summed E-state index contributed by atoms with van der Waals surface area (Å²) < 4.78 is 5.44. The number of ether oxygens (including phenoxy) is 1. The van der Waals surface area contributed by atoms with Gasteiger partial charge in [0.1, 0.15) is 0 Å². The van der Waals surface area contributed by atoms with Crippen molar-refractivity contribution in [2.75, 3.05) is 26.2 Å². The number of amides is 1. The minimum absolute atomic E-state index is 0.150. The second-order valence-electron chi connectivity index (χ2n) is 6.43. The van der Waals surface area contributed by atoms with Crippen LogP contribution in [0.5, 0.6) is 11.5 Å². The van der Waals surface area contributed by atoms with Gasteiger partial charge in [0.2, 0.25) is 5.91 Å². The number of unbranched alkanes of at least 4 members (excludes halogenated alkanes) is 1. The highest BCUT2D eigenvalue weighted by Gasteiger charge is 2.24. The molecule has 0 aliphatic carbocycles. The van der Waals surface area contributed by atoms with Crippen LogP contribution in [0.2, 0.25) is 0 Å². The molecule has 1 saturated heterocycles. The van der Waals surface area contributed by atoms with Crippen molar-refractivity contribution in [3.05, 3.63) is 23.8 Å². The van der Waals surface area contributed by atoms with E-state index in [0.29, 0.717) is 12.4 Å². The molecule has 2 N–H and O–H groups in total. The number of rotatable bonds is 8. The van der Waals surface area contributed by atoms with E-state index in [1.807, 2.05) is 19.1 Å². The summed E-state index contributed by atoms with van der Waals surface area (Å²) >= 11 is 0. The topological polar surface area (TPSA) is 61.8 Å². The molecule has 1 aromatic rings. The number of aromatic hydroxyl groups is 1. The summed E-state index contributed by atoms with van der Waals surface area (Å²) in [5.41, 5.74) is 1.13. The Morgan fingerprint density at radius 2 is 2.08 bits per heavy atom. The van der Waals surface area contributed by atoms with Crippen LogP contribution in [0, 0.1) is 5.92 Å². The molecule has 0 bridgehead atoms. The Bertz CT molecular complexity index is 525. The maximum Gasteiger partial charge on any atom is 0.223 e. The summed E-state index contributed by atoms with van der Waals surface area (Å²) in [5, 5.41) is 12.8. The van der Waals surface area contributed by atoms with Crippen LogP contribution in [0.3, 0.4) is 0 Å². The number of phenols is 1. The summed E-state index contributed by atoms with van der Waals surface area (Å²) in [6.07, 6.45) is 3.98. The molecule has 24 heavy (non-hydrogen) atoms. The van der Waals surface area contributed by atoms with E-state index in [-0.39, 0.29) is 17.6 Å². The van der Waals surface area contributed by atoms with Gasteiger partial charge in [-0.2, -0.15) is 0 Å². The van der Waals surface area contributed by atoms with Crippen LogP contribution in [0.4, 0.5) is 0 Å². The molecular weight excluding hydrogens is 304 g/mol. The predicted octanol–water partition coefficient (Wildman–Crippen LogP) is 2.92. The quantitative estimate of drug-likeness (QED) is 0.718. The molecule has 0 radical (unpaired) electrons. The zero-order valence-electron chi connectivity index (χ0n) is 14.9. The van der Waals surface area contributed by atoms with Gasteiger partial charge in [-0.15, -0.1) is 0 Å². The zero-order valence-corrected chi connectivity index (χ0v) is 14.9. The molecule has 134 valence electrons. The number of nitrogens with zero attached hydrogens (tertiary/aromatic N) is 1. The van der Waals surface area contributed by atoms with Gasteiger partial charge in [-0.3, -0.25) is 9.69 Å². The van der Waals surface area contributed by atoms with E-state index in [1.54, 1.807) is 6.07 Å². The number of hydrogen-bond acceptors (Lipinski definition) is 4. The van der Waals surface area contributed by atoms with Gasteiger partial charge >= 0.3 is 0 Å². The lowest BCUT2D eigenvalue weighted by atomic mass is 9.95. The minimum Gasteiger partial charge on any atom is -0.504 e. The van der Waals surface area contributed by atoms with Crippen molar-refractivity contribution < 1.29 is 14.6 Å². The Morgan fingerprint density at radius 3 is 2.75 bits per heavy atom. The lowest BCUT2D eigenvalue weighted by molar-refractivity contribution is -0.126. The maximum atomic E-state index is 12.1. The molecule has 1 aliphatic rings. The number of hydrogen-bond donors (Lipinski definition) is 2. The number of nitrogens with one attached hydrogen (secondary N) is 1. The van der Waals surface area contributed by atoms with Gasteiger partial charge in [0, 0.05) is 19.0 Å². The monoisotopic (exact) mass is 334 g/mol. The molecule has 1 heterocycles. The Morgan fingerprint density at radius 1 is 1.33 bits per heavy atom. The van der Waals surface area contributed by atoms with Gasteiger partial charge in [-0.05, 0) is 57.0 Å². The lowest BCUT2D eigenvalue weighted by Crippen LogP contribution is -2.40. The van der Waals surface area contributed by atoms with Gasteiger partial charge in [0.25, 0.3) is 0 Å². The van der Waals surface area contributed by atoms with E-state index in [9.17, 15) is 9.90 Å². The van der Waals surface area contributed by atoms with Crippen molar-refractivity contribution in [1.29, 1.82) is 0 Å². The van der Waals surface area contributed by atoms with Crippen LogP contribution in [0.15, 0.2) is 18.2 Å². The van der Waals surface area contributed by atoms with Gasteiger partial charge < -0.3 is 15.2 Å². The van der Waals surface area contributed by atoms with Crippen LogP contribution in [-0.4, -0.2) is 42.2 Å². The fourth-order valence-electron chi connectivity index (χ4n) is 3.07. The van der Waals surface area contributed by atoms with Gasteiger partial charge in [0.05, 0.1) is 6.61 Å². The van der Waals surface area contributed by atoms with Crippen molar-refractivity contribution in [3.8, 4) is 11.5 Å². The molecule has 5 heteroatoms. The van der Waals surface area contributed by atoms with Crippen molar-refractivity contribution >= 4 is 5.91 Å². The third kappa shape index (κ3) is 5.41. The molecule has 2 rings (SSSR count). The Balaban J connectivity index is 1.80. The molecule has 1 aromatic carbocycles. The van der Waals surface area contributed by atoms with Crippen molar-refractivity contribution in [1.82, 2.24) is 10.2 Å².